The van der Waals surface area contributed by atoms with E-state index < -0.39 is 60.7 Å². The number of ether oxygens (including phenoxy) is 4. The molecule has 274 valence electrons. The molecule has 1 fully saturated rings. The lowest BCUT2D eigenvalue weighted by Crippen LogP contribution is -2.43. The van der Waals surface area contributed by atoms with Gasteiger partial charge < -0.3 is 55.5 Å². The maximum Gasteiger partial charge on any atom is 0.506 e. The van der Waals surface area contributed by atoms with Crippen LogP contribution in [0, 0.1) is 11.8 Å². The molecular weight excluding hydrogens is 636 g/mol. The van der Waals surface area contributed by atoms with Crippen LogP contribution in [0.4, 0.5) is 9.59 Å². The average Bonchev–Trinajstić information content (AvgIpc) is 3.56. The van der Waals surface area contributed by atoms with E-state index >= 15 is 0 Å². The number of carboxylic acid groups (broad SMARTS) is 1. The van der Waals surface area contributed by atoms with E-state index in [1.807, 2.05) is 13.8 Å². The molecule has 0 saturated carbocycles. The molecule has 14 heteroatoms. The summed E-state index contributed by atoms with van der Waals surface area (Å²) in [4.78, 5) is 39.5. The molecular formula is C35H54N4O10. The van der Waals surface area contributed by atoms with E-state index in [-0.39, 0.29) is 23.6 Å². The first kappa shape index (κ1) is 39.7. The molecule has 1 aliphatic carbocycles. The fourth-order valence-electron chi connectivity index (χ4n) is 6.63. The molecule has 0 aromatic rings. The van der Waals surface area contributed by atoms with Crippen molar-refractivity contribution in [3.05, 3.63) is 58.5 Å². The van der Waals surface area contributed by atoms with Crippen molar-refractivity contribution in [3.63, 3.8) is 0 Å². The third-order valence-corrected chi connectivity index (χ3v) is 9.22. The molecule has 3 aliphatic rings. The maximum absolute atomic E-state index is 13.4. The number of allylic oxidation sites excluding steroid dienone is 2. The first-order valence-corrected chi connectivity index (χ1v) is 16.8. The van der Waals surface area contributed by atoms with Gasteiger partial charge in [0.25, 0.3) is 5.91 Å². The van der Waals surface area contributed by atoms with Crippen molar-refractivity contribution in [2.75, 3.05) is 40.4 Å². The molecule has 0 spiro atoms. The van der Waals surface area contributed by atoms with Crippen molar-refractivity contribution < 1.29 is 48.7 Å². The van der Waals surface area contributed by atoms with E-state index in [0.717, 1.165) is 32.5 Å². The van der Waals surface area contributed by atoms with E-state index in [1.165, 1.54) is 26.4 Å². The number of nitrogens with zero attached hydrogens (tertiary/aromatic N) is 1. The zero-order valence-electron chi connectivity index (χ0n) is 29.4. The number of likely N-dealkylation sites (tertiary alicyclic amines) is 1. The van der Waals surface area contributed by atoms with Gasteiger partial charge in [-0.1, -0.05) is 38.2 Å². The molecule has 0 aromatic heterocycles. The number of hydrogen-bond acceptors (Lipinski definition) is 11. The van der Waals surface area contributed by atoms with Gasteiger partial charge in [-0.2, -0.15) is 0 Å². The van der Waals surface area contributed by atoms with E-state index in [0.29, 0.717) is 29.8 Å². The second-order valence-electron chi connectivity index (χ2n) is 13.1. The van der Waals surface area contributed by atoms with Crippen LogP contribution in [-0.2, 0) is 23.7 Å². The van der Waals surface area contributed by atoms with E-state index in [1.54, 1.807) is 32.1 Å². The van der Waals surface area contributed by atoms with E-state index in [2.05, 4.69) is 15.5 Å². The van der Waals surface area contributed by atoms with Gasteiger partial charge in [-0.15, -0.1) is 0 Å². The van der Waals surface area contributed by atoms with Gasteiger partial charge in [0.15, 0.2) is 12.2 Å². The molecule has 8 atom stereocenters. The van der Waals surface area contributed by atoms with Crippen molar-refractivity contribution in [2.45, 2.75) is 90.0 Å². The summed E-state index contributed by atoms with van der Waals surface area (Å²) in [5.74, 6) is -1.22. The molecule has 2 heterocycles. The van der Waals surface area contributed by atoms with Crippen LogP contribution in [0.5, 0.6) is 0 Å². The Morgan fingerprint density at radius 1 is 1.08 bits per heavy atom. The van der Waals surface area contributed by atoms with Crippen LogP contribution in [-0.4, -0.2) is 115 Å². The standard InChI is InChI=1S/C35H54N4O10/c1-20-16-24-29(37-12-15-39-13-7-8-14-39)26(40)19-25(32(24)49-35(44)45)38-33(42)21(2)10-9-11-27(46-5)31(48-34(36)43)23(4)18-22(3)30(41)28(17-20)47-6/h9-11,18-20,22,26-28,30-32,37,40-41H,7-8,12-17H2,1-6H3,(H2,36,43)(H,38,42)(H,44,45)/b11-9+,21-10-,23-18+/t20-,22+,26?,27+,28+,30-,31+,32?/m1/s1. The average molecular weight is 691 g/mol. The van der Waals surface area contributed by atoms with Gasteiger partial charge in [0, 0.05) is 44.5 Å². The normalized spacial score (nSPS) is 33.7. The number of nitrogens with two attached hydrogens (primary N) is 1. The minimum atomic E-state index is -1.55. The van der Waals surface area contributed by atoms with Crippen molar-refractivity contribution in [3.8, 4) is 0 Å². The molecule has 2 unspecified atom stereocenters. The van der Waals surface area contributed by atoms with Crippen LogP contribution >= 0.6 is 0 Å². The number of amides is 2. The number of aliphatic hydroxyl groups is 2. The predicted octanol–water partition coefficient (Wildman–Crippen LogP) is 2.73. The molecule has 3 rings (SSSR count). The first-order valence-electron chi connectivity index (χ1n) is 16.8. The van der Waals surface area contributed by atoms with Crippen molar-refractivity contribution in [2.24, 2.45) is 17.6 Å². The zero-order chi connectivity index (χ0) is 36.2. The van der Waals surface area contributed by atoms with Gasteiger partial charge in [0.1, 0.15) is 12.2 Å². The van der Waals surface area contributed by atoms with Crippen molar-refractivity contribution in [1.82, 2.24) is 15.5 Å². The Morgan fingerprint density at radius 3 is 2.39 bits per heavy atom. The Hall–Kier alpha value is -3.69. The largest absolute Gasteiger partial charge is 0.506 e. The van der Waals surface area contributed by atoms with Crippen LogP contribution in [0.3, 0.4) is 0 Å². The maximum atomic E-state index is 13.4. The number of fused-ring (bicyclic) bond motifs is 2. The number of aliphatic hydroxyl groups excluding tert-OH is 2. The van der Waals surface area contributed by atoms with Gasteiger partial charge in [0.05, 0.1) is 17.9 Å². The highest BCUT2D eigenvalue weighted by molar-refractivity contribution is 5.94. The highest BCUT2D eigenvalue weighted by atomic mass is 16.7. The number of carbonyl (C=O) groups excluding carboxylic acids is 2. The number of methoxy groups -OCH3 is 2. The lowest BCUT2D eigenvalue weighted by atomic mass is 9.84. The number of nitrogens with one attached hydrogen (secondary N) is 2. The Bertz CT molecular complexity index is 1320. The summed E-state index contributed by atoms with van der Waals surface area (Å²) in [7, 11) is 2.93. The van der Waals surface area contributed by atoms with Gasteiger partial charge in [0.2, 0.25) is 0 Å². The lowest BCUT2D eigenvalue weighted by molar-refractivity contribution is -0.117. The molecule has 2 bridgehead atoms. The summed E-state index contributed by atoms with van der Waals surface area (Å²) in [5.41, 5.74) is 7.20. The summed E-state index contributed by atoms with van der Waals surface area (Å²) >= 11 is 0. The minimum absolute atomic E-state index is 0.0864. The second kappa shape index (κ2) is 18.9. The number of primary amides is 1. The monoisotopic (exact) mass is 690 g/mol. The Kier molecular flexibility index (Phi) is 15.3. The zero-order valence-corrected chi connectivity index (χ0v) is 29.4. The minimum Gasteiger partial charge on any atom is -0.450 e. The van der Waals surface area contributed by atoms with Crippen molar-refractivity contribution in [1.29, 1.82) is 0 Å². The topological polar surface area (TPSA) is 202 Å². The molecule has 2 aliphatic heterocycles. The quantitative estimate of drug-likeness (QED) is 0.161. The Labute approximate surface area is 288 Å². The summed E-state index contributed by atoms with van der Waals surface area (Å²) in [5, 5.41) is 38.7. The molecule has 1 saturated heterocycles. The summed E-state index contributed by atoms with van der Waals surface area (Å²) < 4.78 is 22.2. The number of carbonyl (C=O) groups is 3. The summed E-state index contributed by atoms with van der Waals surface area (Å²) in [6.45, 7) is 10.3. The molecule has 2 amide bonds. The fraction of sp³-hybridized carbons (Fsp3) is 0.629. The van der Waals surface area contributed by atoms with Gasteiger partial charge in [-0.25, -0.2) is 9.59 Å². The highest BCUT2D eigenvalue weighted by Crippen LogP contribution is 2.33. The third kappa shape index (κ3) is 11.4. The number of rotatable bonds is 8. The second-order valence-corrected chi connectivity index (χ2v) is 13.1. The number of hydrogen-bond donors (Lipinski definition) is 6. The van der Waals surface area contributed by atoms with Crippen LogP contribution in [0.2, 0.25) is 0 Å². The van der Waals surface area contributed by atoms with Gasteiger partial charge >= 0.3 is 12.2 Å². The Balaban J connectivity index is 2.09. The molecule has 7 N–H and O–H groups in total. The van der Waals surface area contributed by atoms with E-state index in [9.17, 15) is 29.7 Å². The van der Waals surface area contributed by atoms with Crippen LogP contribution < -0.4 is 16.4 Å². The first-order chi connectivity index (χ1) is 23.2. The van der Waals surface area contributed by atoms with Crippen LogP contribution in [0.25, 0.3) is 0 Å². The summed E-state index contributed by atoms with van der Waals surface area (Å²) in [6, 6.07) is 0. The van der Waals surface area contributed by atoms with Crippen molar-refractivity contribution >= 4 is 18.2 Å². The van der Waals surface area contributed by atoms with Gasteiger partial charge in [-0.05, 0) is 75.8 Å². The predicted molar refractivity (Wildman–Crippen MR) is 182 cm³/mol. The molecule has 0 radical (unpaired) electrons. The highest BCUT2D eigenvalue weighted by Gasteiger charge is 2.36. The SMILES string of the molecule is CO[C@H]1/C=C/C=C(/C)C(=O)NC2=CC(O)C(NCCN3CCCC3)=C(C[C@@H](C)C[C@H](OC)[C@H](O)[C@@H](C)/C=C(\C)[C@@H]1OC(N)=O)C2OC(=O)O. The molecule has 14 nitrogen and oxygen atoms in total. The molecule has 0 aromatic carbocycles. The van der Waals surface area contributed by atoms with Crippen LogP contribution in [0.1, 0.15) is 53.4 Å². The van der Waals surface area contributed by atoms with E-state index in [4.69, 9.17) is 24.7 Å². The summed E-state index contributed by atoms with van der Waals surface area (Å²) in [6.07, 6.45) is 2.40. The third-order valence-electron chi connectivity index (χ3n) is 9.22. The fourth-order valence-corrected chi connectivity index (χ4v) is 6.63. The smallest absolute Gasteiger partial charge is 0.450 e. The lowest BCUT2D eigenvalue weighted by Gasteiger charge is -2.34. The van der Waals surface area contributed by atoms with Crippen LogP contribution in [0.15, 0.2) is 58.5 Å². The van der Waals surface area contributed by atoms with Gasteiger partial charge in [-0.3, -0.25) is 4.79 Å². The Morgan fingerprint density at radius 2 is 1.78 bits per heavy atom. The molecule has 49 heavy (non-hydrogen) atoms.